The number of rotatable bonds is 7. The fourth-order valence-electron chi connectivity index (χ4n) is 2.63. The topological polar surface area (TPSA) is 77.1 Å². The molecule has 1 aromatic carbocycles. The van der Waals surface area contributed by atoms with E-state index in [1.165, 1.54) is 11.8 Å². The predicted molar refractivity (Wildman–Crippen MR) is 107 cm³/mol. The minimum absolute atomic E-state index is 0.121. The van der Waals surface area contributed by atoms with Crippen LogP contribution in [0.25, 0.3) is 10.9 Å². The SMILES string of the molecule is CCCn1c(S[C@H](C)C(=O)NCc2ccco2)nc2cc(Cl)ccc2c1=O. The molecule has 142 valence electrons. The molecule has 3 aromatic rings. The van der Waals surface area contributed by atoms with Crippen LogP contribution in [-0.4, -0.2) is 20.7 Å². The molecule has 1 atom stereocenters. The Morgan fingerprint density at radius 2 is 2.22 bits per heavy atom. The summed E-state index contributed by atoms with van der Waals surface area (Å²) in [6.07, 6.45) is 2.35. The summed E-state index contributed by atoms with van der Waals surface area (Å²) in [5, 5.41) is 3.95. The number of fused-ring (bicyclic) bond motifs is 1. The molecule has 0 aliphatic carbocycles. The van der Waals surface area contributed by atoms with Crippen LogP contribution < -0.4 is 10.9 Å². The van der Waals surface area contributed by atoms with Crippen LogP contribution in [-0.2, 0) is 17.9 Å². The Bertz CT molecular complexity index is 1000. The van der Waals surface area contributed by atoms with Gasteiger partial charge in [0.1, 0.15) is 5.76 Å². The molecule has 3 rings (SSSR count). The monoisotopic (exact) mass is 405 g/mol. The lowest BCUT2D eigenvalue weighted by molar-refractivity contribution is -0.120. The molecule has 0 fully saturated rings. The zero-order valence-corrected chi connectivity index (χ0v) is 16.6. The number of nitrogens with one attached hydrogen (secondary N) is 1. The Balaban J connectivity index is 1.84. The molecule has 2 aromatic heterocycles. The number of thioether (sulfide) groups is 1. The van der Waals surface area contributed by atoms with Gasteiger partial charge in [0.25, 0.3) is 5.56 Å². The zero-order chi connectivity index (χ0) is 19.4. The first-order valence-corrected chi connectivity index (χ1v) is 9.92. The van der Waals surface area contributed by atoms with E-state index in [-0.39, 0.29) is 11.5 Å². The quantitative estimate of drug-likeness (QED) is 0.477. The van der Waals surface area contributed by atoms with Gasteiger partial charge in [0, 0.05) is 11.6 Å². The highest BCUT2D eigenvalue weighted by Crippen LogP contribution is 2.24. The van der Waals surface area contributed by atoms with Crippen LogP contribution in [0.1, 0.15) is 26.0 Å². The van der Waals surface area contributed by atoms with E-state index in [0.717, 1.165) is 6.42 Å². The summed E-state index contributed by atoms with van der Waals surface area (Å²) in [5.41, 5.74) is 0.412. The van der Waals surface area contributed by atoms with Gasteiger partial charge in [0.15, 0.2) is 5.16 Å². The summed E-state index contributed by atoms with van der Waals surface area (Å²) in [7, 11) is 0. The Morgan fingerprint density at radius 1 is 1.41 bits per heavy atom. The third-order valence-electron chi connectivity index (χ3n) is 4.00. The fourth-order valence-corrected chi connectivity index (χ4v) is 3.75. The van der Waals surface area contributed by atoms with Crippen molar-refractivity contribution in [3.63, 3.8) is 0 Å². The predicted octanol–water partition coefficient (Wildman–Crippen LogP) is 3.85. The summed E-state index contributed by atoms with van der Waals surface area (Å²) in [6, 6.07) is 8.60. The van der Waals surface area contributed by atoms with Crippen molar-refractivity contribution in [1.29, 1.82) is 0 Å². The molecule has 0 unspecified atom stereocenters. The smallest absolute Gasteiger partial charge is 0.262 e. The normalized spacial score (nSPS) is 12.3. The van der Waals surface area contributed by atoms with Crippen LogP contribution >= 0.6 is 23.4 Å². The van der Waals surface area contributed by atoms with Gasteiger partial charge in [-0.3, -0.25) is 14.2 Å². The van der Waals surface area contributed by atoms with E-state index in [4.69, 9.17) is 16.0 Å². The van der Waals surface area contributed by atoms with Gasteiger partial charge in [-0.2, -0.15) is 0 Å². The van der Waals surface area contributed by atoms with E-state index in [0.29, 0.717) is 39.9 Å². The highest BCUT2D eigenvalue weighted by atomic mass is 35.5. The summed E-state index contributed by atoms with van der Waals surface area (Å²) >= 11 is 7.30. The lowest BCUT2D eigenvalue weighted by Crippen LogP contribution is -2.31. The molecule has 0 bridgehead atoms. The summed E-state index contributed by atoms with van der Waals surface area (Å²) in [4.78, 5) is 29.8. The molecule has 0 aliphatic rings. The number of benzene rings is 1. The minimum atomic E-state index is -0.424. The second-order valence-corrected chi connectivity index (χ2v) is 7.81. The Morgan fingerprint density at radius 3 is 2.93 bits per heavy atom. The standard InChI is InChI=1S/C19H20ClN3O3S/c1-3-8-23-18(25)15-7-6-13(20)10-16(15)22-19(23)27-12(2)17(24)21-11-14-5-4-9-26-14/h4-7,9-10,12H,3,8,11H2,1-2H3,(H,21,24)/t12-/m1/s1. The number of hydrogen-bond donors (Lipinski definition) is 1. The molecule has 0 saturated heterocycles. The number of hydrogen-bond acceptors (Lipinski definition) is 5. The van der Waals surface area contributed by atoms with Crippen LogP contribution in [0.4, 0.5) is 0 Å². The number of nitrogens with zero attached hydrogens (tertiary/aromatic N) is 2. The Hall–Kier alpha value is -2.25. The molecule has 0 saturated carbocycles. The number of aromatic nitrogens is 2. The van der Waals surface area contributed by atoms with Crippen molar-refractivity contribution in [2.45, 2.75) is 43.8 Å². The molecule has 2 heterocycles. The number of carbonyl (C=O) groups is 1. The first-order chi connectivity index (χ1) is 13.0. The average molecular weight is 406 g/mol. The van der Waals surface area contributed by atoms with Crippen molar-refractivity contribution in [1.82, 2.24) is 14.9 Å². The van der Waals surface area contributed by atoms with Crippen molar-refractivity contribution in [3.8, 4) is 0 Å². The van der Waals surface area contributed by atoms with Crippen molar-refractivity contribution >= 4 is 40.2 Å². The highest BCUT2D eigenvalue weighted by Gasteiger charge is 2.19. The maximum absolute atomic E-state index is 12.8. The Labute approximate surface area is 165 Å². The number of amides is 1. The molecule has 1 amide bonds. The van der Waals surface area contributed by atoms with Crippen molar-refractivity contribution < 1.29 is 9.21 Å². The summed E-state index contributed by atoms with van der Waals surface area (Å²) in [5.74, 6) is 0.529. The lowest BCUT2D eigenvalue weighted by Gasteiger charge is -2.16. The van der Waals surface area contributed by atoms with E-state index in [2.05, 4.69) is 10.3 Å². The molecule has 1 N–H and O–H groups in total. The van der Waals surface area contributed by atoms with Gasteiger partial charge in [-0.15, -0.1) is 0 Å². The molecule has 0 aliphatic heterocycles. The second-order valence-electron chi connectivity index (χ2n) is 6.07. The van der Waals surface area contributed by atoms with Crippen LogP contribution in [0.15, 0.2) is 51.0 Å². The second kappa shape index (κ2) is 8.63. The number of furan rings is 1. The van der Waals surface area contributed by atoms with Gasteiger partial charge >= 0.3 is 0 Å². The molecule has 27 heavy (non-hydrogen) atoms. The molecule has 0 radical (unpaired) electrons. The van der Waals surface area contributed by atoms with E-state index in [1.54, 1.807) is 48.1 Å². The van der Waals surface area contributed by atoms with Gasteiger partial charge in [-0.25, -0.2) is 4.98 Å². The third kappa shape index (κ3) is 4.54. The average Bonchev–Trinajstić information content (AvgIpc) is 3.16. The van der Waals surface area contributed by atoms with E-state index >= 15 is 0 Å². The molecule has 6 nitrogen and oxygen atoms in total. The van der Waals surface area contributed by atoms with Crippen molar-refractivity contribution in [2.24, 2.45) is 0 Å². The Kier molecular flexibility index (Phi) is 6.23. The first-order valence-electron chi connectivity index (χ1n) is 8.66. The molecule has 8 heteroatoms. The summed E-state index contributed by atoms with van der Waals surface area (Å²) < 4.78 is 6.84. The van der Waals surface area contributed by atoms with Crippen LogP contribution in [0, 0.1) is 0 Å². The highest BCUT2D eigenvalue weighted by molar-refractivity contribution is 8.00. The van der Waals surface area contributed by atoms with Crippen molar-refractivity contribution in [2.75, 3.05) is 0 Å². The van der Waals surface area contributed by atoms with Crippen LogP contribution in [0.3, 0.4) is 0 Å². The van der Waals surface area contributed by atoms with Gasteiger partial charge in [0.05, 0.1) is 29.0 Å². The van der Waals surface area contributed by atoms with Gasteiger partial charge in [0.2, 0.25) is 5.91 Å². The van der Waals surface area contributed by atoms with Gasteiger partial charge < -0.3 is 9.73 Å². The van der Waals surface area contributed by atoms with Crippen molar-refractivity contribution in [3.05, 3.63) is 57.7 Å². The molecule has 0 spiro atoms. The van der Waals surface area contributed by atoms with Gasteiger partial charge in [-0.05, 0) is 43.7 Å². The fraction of sp³-hybridized carbons (Fsp3) is 0.316. The lowest BCUT2D eigenvalue weighted by atomic mass is 10.2. The maximum Gasteiger partial charge on any atom is 0.262 e. The maximum atomic E-state index is 12.8. The molecular weight excluding hydrogens is 386 g/mol. The largest absolute Gasteiger partial charge is 0.467 e. The molecular formula is C19H20ClN3O3S. The van der Waals surface area contributed by atoms with E-state index in [9.17, 15) is 9.59 Å². The summed E-state index contributed by atoms with van der Waals surface area (Å²) in [6.45, 7) is 4.63. The van der Waals surface area contributed by atoms with Crippen LogP contribution in [0.2, 0.25) is 5.02 Å². The van der Waals surface area contributed by atoms with E-state index in [1.807, 2.05) is 6.92 Å². The number of carbonyl (C=O) groups excluding carboxylic acids is 1. The zero-order valence-electron chi connectivity index (χ0n) is 15.1. The first kappa shape index (κ1) is 19.5. The third-order valence-corrected chi connectivity index (χ3v) is 5.32. The minimum Gasteiger partial charge on any atom is -0.467 e. The van der Waals surface area contributed by atoms with E-state index < -0.39 is 5.25 Å². The van der Waals surface area contributed by atoms with Gasteiger partial charge in [-0.1, -0.05) is 30.3 Å². The van der Waals surface area contributed by atoms with Crippen LogP contribution in [0.5, 0.6) is 0 Å². The number of halogens is 1.